The smallest absolute Gasteiger partial charge is 0.328 e. The van der Waals surface area contributed by atoms with Gasteiger partial charge in [0.25, 0.3) is 5.56 Å². The predicted octanol–water partition coefficient (Wildman–Crippen LogP) is -0.896. The third kappa shape index (κ3) is 0.831. The Morgan fingerprint density at radius 2 is 2.17 bits per heavy atom. The highest BCUT2D eigenvalue weighted by atomic mass is 16.5. The second-order valence-corrected chi connectivity index (χ2v) is 2.74. The molecule has 1 aromatic rings. The lowest BCUT2D eigenvalue weighted by atomic mass is 10.3. The maximum atomic E-state index is 11.3. The molecule has 0 atom stereocenters. The second kappa shape index (κ2) is 2.31. The van der Waals surface area contributed by atoms with Gasteiger partial charge in [-0.25, -0.2) is 4.79 Å². The second-order valence-electron chi connectivity index (χ2n) is 2.74. The Morgan fingerprint density at radius 3 is 2.92 bits per heavy atom. The Labute approximate surface area is 67.6 Å². The first-order valence-electron chi connectivity index (χ1n) is 3.59. The van der Waals surface area contributed by atoms with E-state index in [1.807, 2.05) is 0 Å². The van der Waals surface area contributed by atoms with Crippen molar-refractivity contribution in [3.05, 3.63) is 32.1 Å². The van der Waals surface area contributed by atoms with Crippen LogP contribution in [0, 0.1) is 0 Å². The van der Waals surface area contributed by atoms with Crippen molar-refractivity contribution in [1.29, 1.82) is 0 Å². The van der Waals surface area contributed by atoms with Gasteiger partial charge in [-0.15, -0.1) is 0 Å². The first-order valence-corrected chi connectivity index (χ1v) is 3.59. The summed E-state index contributed by atoms with van der Waals surface area (Å²) in [6, 6.07) is 0. The lowest BCUT2D eigenvalue weighted by Gasteiger charge is -1.98. The molecule has 64 valence electrons. The standard InChI is InChI=1S/C7H8N2O3/c1-9-6(10)4-2-12-3-5(4)8-7(9)11/h2-3H2,1H3,(H,8,11). The summed E-state index contributed by atoms with van der Waals surface area (Å²) in [6.07, 6.45) is 0. The highest BCUT2D eigenvalue weighted by Gasteiger charge is 2.17. The first kappa shape index (κ1) is 7.30. The van der Waals surface area contributed by atoms with Crippen molar-refractivity contribution in [2.75, 3.05) is 0 Å². The number of nitrogens with zero attached hydrogens (tertiary/aromatic N) is 1. The molecule has 2 rings (SSSR count). The lowest BCUT2D eigenvalue weighted by Crippen LogP contribution is -2.35. The average Bonchev–Trinajstić information content (AvgIpc) is 2.48. The van der Waals surface area contributed by atoms with Gasteiger partial charge in [0.1, 0.15) is 0 Å². The molecule has 0 aliphatic carbocycles. The zero-order valence-electron chi connectivity index (χ0n) is 6.59. The summed E-state index contributed by atoms with van der Waals surface area (Å²) in [5.41, 5.74) is 0.538. The molecule has 2 heterocycles. The fourth-order valence-electron chi connectivity index (χ4n) is 1.24. The molecule has 1 aromatic heterocycles. The molecule has 5 heteroatoms. The minimum absolute atomic E-state index is 0.258. The van der Waals surface area contributed by atoms with E-state index in [-0.39, 0.29) is 11.2 Å². The zero-order valence-corrected chi connectivity index (χ0v) is 6.59. The van der Waals surface area contributed by atoms with Crippen LogP contribution in [0.2, 0.25) is 0 Å². The molecule has 0 radical (unpaired) electrons. The van der Waals surface area contributed by atoms with E-state index in [9.17, 15) is 9.59 Å². The van der Waals surface area contributed by atoms with Crippen molar-refractivity contribution in [3.63, 3.8) is 0 Å². The molecule has 0 amide bonds. The van der Waals surface area contributed by atoms with Crippen LogP contribution in [-0.4, -0.2) is 9.55 Å². The van der Waals surface area contributed by atoms with Crippen molar-refractivity contribution in [2.45, 2.75) is 13.2 Å². The number of hydrogen-bond donors (Lipinski definition) is 1. The SMILES string of the molecule is Cn1c(=O)[nH]c2c(c1=O)COC2. The van der Waals surface area contributed by atoms with Gasteiger partial charge in [-0.3, -0.25) is 9.36 Å². The number of rotatable bonds is 0. The molecule has 0 fully saturated rings. The van der Waals surface area contributed by atoms with E-state index in [1.165, 1.54) is 7.05 Å². The molecule has 0 saturated carbocycles. The number of H-pyrrole nitrogens is 1. The maximum absolute atomic E-state index is 11.3. The summed E-state index contributed by atoms with van der Waals surface area (Å²) < 4.78 is 6.07. The van der Waals surface area contributed by atoms with E-state index >= 15 is 0 Å². The van der Waals surface area contributed by atoms with Crippen LogP contribution in [0.3, 0.4) is 0 Å². The summed E-state index contributed by atoms with van der Waals surface area (Å²) in [5, 5.41) is 0. The predicted molar refractivity (Wildman–Crippen MR) is 40.8 cm³/mol. The Hall–Kier alpha value is -1.36. The van der Waals surface area contributed by atoms with Crippen molar-refractivity contribution < 1.29 is 4.74 Å². The van der Waals surface area contributed by atoms with Crippen LogP contribution in [0.5, 0.6) is 0 Å². The maximum Gasteiger partial charge on any atom is 0.328 e. The summed E-state index contributed by atoms with van der Waals surface area (Å²) in [6.45, 7) is 0.638. The molecule has 1 aliphatic rings. The number of fused-ring (bicyclic) bond motifs is 1. The zero-order chi connectivity index (χ0) is 8.72. The van der Waals surface area contributed by atoms with Crippen LogP contribution in [-0.2, 0) is 25.0 Å². The fourth-order valence-corrected chi connectivity index (χ4v) is 1.24. The van der Waals surface area contributed by atoms with Crippen LogP contribution >= 0.6 is 0 Å². The third-order valence-electron chi connectivity index (χ3n) is 1.98. The number of nitrogens with one attached hydrogen (secondary N) is 1. The number of hydrogen-bond acceptors (Lipinski definition) is 3. The summed E-state index contributed by atoms with van der Waals surface area (Å²) in [7, 11) is 1.44. The van der Waals surface area contributed by atoms with Crippen molar-refractivity contribution in [2.24, 2.45) is 7.05 Å². The van der Waals surface area contributed by atoms with Crippen LogP contribution in [0.25, 0.3) is 0 Å². The van der Waals surface area contributed by atoms with Crippen molar-refractivity contribution in [1.82, 2.24) is 9.55 Å². The molecule has 0 spiro atoms. The Bertz CT molecular complexity index is 429. The molecule has 0 aromatic carbocycles. The molecule has 5 nitrogen and oxygen atoms in total. The van der Waals surface area contributed by atoms with Gasteiger partial charge in [0.05, 0.1) is 24.5 Å². The largest absolute Gasteiger partial charge is 0.370 e. The number of aromatic amines is 1. The van der Waals surface area contributed by atoms with E-state index in [4.69, 9.17) is 4.74 Å². The van der Waals surface area contributed by atoms with Crippen LogP contribution < -0.4 is 11.2 Å². The minimum atomic E-state index is -0.385. The van der Waals surface area contributed by atoms with Gasteiger partial charge in [0.2, 0.25) is 0 Å². The fraction of sp³-hybridized carbons (Fsp3) is 0.429. The minimum Gasteiger partial charge on any atom is -0.370 e. The van der Waals surface area contributed by atoms with Gasteiger partial charge in [-0.2, -0.15) is 0 Å². The molecule has 12 heavy (non-hydrogen) atoms. The Morgan fingerprint density at radius 1 is 1.42 bits per heavy atom. The van der Waals surface area contributed by atoms with Gasteiger partial charge in [0.15, 0.2) is 0 Å². The van der Waals surface area contributed by atoms with E-state index < -0.39 is 0 Å². The quantitative estimate of drug-likeness (QED) is 0.546. The van der Waals surface area contributed by atoms with Crippen molar-refractivity contribution in [3.8, 4) is 0 Å². The molecule has 0 saturated heterocycles. The van der Waals surface area contributed by atoms with Crippen LogP contribution in [0.1, 0.15) is 11.3 Å². The monoisotopic (exact) mass is 168 g/mol. The number of ether oxygens (including phenoxy) is 1. The molecule has 1 N–H and O–H groups in total. The average molecular weight is 168 g/mol. The molecule has 0 bridgehead atoms. The summed E-state index contributed by atoms with van der Waals surface area (Å²) >= 11 is 0. The Balaban J connectivity index is 2.85. The third-order valence-corrected chi connectivity index (χ3v) is 1.98. The molecular formula is C7H8N2O3. The van der Waals surface area contributed by atoms with Gasteiger partial charge in [0, 0.05) is 7.05 Å². The van der Waals surface area contributed by atoms with Gasteiger partial charge in [-0.05, 0) is 0 Å². The van der Waals surface area contributed by atoms with Gasteiger partial charge in [-0.1, -0.05) is 0 Å². The highest BCUT2D eigenvalue weighted by Crippen LogP contribution is 2.10. The van der Waals surface area contributed by atoms with E-state index in [0.717, 1.165) is 4.57 Å². The molecule has 1 aliphatic heterocycles. The highest BCUT2D eigenvalue weighted by molar-refractivity contribution is 5.17. The van der Waals surface area contributed by atoms with E-state index in [2.05, 4.69) is 4.98 Å². The normalized spacial score (nSPS) is 14.8. The first-order chi connectivity index (χ1) is 5.70. The molecule has 0 unspecified atom stereocenters. The van der Waals surface area contributed by atoms with E-state index in [1.54, 1.807) is 0 Å². The van der Waals surface area contributed by atoms with Crippen LogP contribution in [0.15, 0.2) is 9.59 Å². The van der Waals surface area contributed by atoms with Gasteiger partial charge < -0.3 is 9.72 Å². The van der Waals surface area contributed by atoms with E-state index in [0.29, 0.717) is 24.5 Å². The van der Waals surface area contributed by atoms with Crippen molar-refractivity contribution >= 4 is 0 Å². The van der Waals surface area contributed by atoms with Crippen LogP contribution in [0.4, 0.5) is 0 Å². The topological polar surface area (TPSA) is 64.1 Å². The van der Waals surface area contributed by atoms with Gasteiger partial charge >= 0.3 is 5.69 Å². The lowest BCUT2D eigenvalue weighted by molar-refractivity contribution is 0.132. The number of aromatic nitrogens is 2. The summed E-state index contributed by atoms with van der Waals surface area (Å²) in [4.78, 5) is 25.0. The Kier molecular flexibility index (Phi) is 1.41. The summed E-state index contributed by atoms with van der Waals surface area (Å²) in [5.74, 6) is 0. The molecular weight excluding hydrogens is 160 g/mol.